The molecule has 1 N–H and O–H groups in total. The molecule has 0 unspecified atom stereocenters. The smallest absolute Gasteiger partial charge is 0.252 e. The van der Waals surface area contributed by atoms with Gasteiger partial charge in [0.15, 0.2) is 0 Å². The minimum absolute atomic E-state index is 0.216. The molecule has 0 saturated heterocycles. The van der Waals surface area contributed by atoms with Gasteiger partial charge in [0, 0.05) is 13.5 Å². The molecule has 0 aliphatic heterocycles. The summed E-state index contributed by atoms with van der Waals surface area (Å²) in [5.41, 5.74) is 2.94. The Kier molecular flexibility index (Phi) is 4.88. The lowest BCUT2D eigenvalue weighted by atomic mass is 10.0. The normalized spacial score (nSPS) is 10.7. The summed E-state index contributed by atoms with van der Waals surface area (Å²) >= 11 is 0. The van der Waals surface area contributed by atoms with Crippen LogP contribution in [0, 0.1) is 19.7 Å². The van der Waals surface area contributed by atoms with Gasteiger partial charge >= 0.3 is 0 Å². The molecule has 3 rings (SSSR count). The highest BCUT2D eigenvalue weighted by Crippen LogP contribution is 2.22. The van der Waals surface area contributed by atoms with Crippen molar-refractivity contribution in [1.82, 2.24) is 15.5 Å². The van der Waals surface area contributed by atoms with Crippen molar-refractivity contribution in [2.24, 2.45) is 0 Å². The lowest BCUT2D eigenvalue weighted by Gasteiger charge is -2.09. The van der Waals surface area contributed by atoms with Gasteiger partial charge in [-0.1, -0.05) is 18.2 Å². The summed E-state index contributed by atoms with van der Waals surface area (Å²) in [7, 11) is 0. The molecule has 6 heteroatoms. The first-order chi connectivity index (χ1) is 12.0. The standard InChI is InChI=1S/C19H18FN3O2/c1-12-11-15(20)8-7-14(12)9-10-21-18(24)16-5-3-4-6-17(16)19-23-22-13(2)25-19/h3-8,11H,9-10H2,1-2H3,(H,21,24). The molecule has 25 heavy (non-hydrogen) atoms. The fourth-order valence-electron chi connectivity index (χ4n) is 2.62. The van der Waals surface area contributed by atoms with E-state index < -0.39 is 0 Å². The van der Waals surface area contributed by atoms with Crippen LogP contribution in [0.25, 0.3) is 11.5 Å². The van der Waals surface area contributed by atoms with E-state index in [2.05, 4.69) is 15.5 Å². The van der Waals surface area contributed by atoms with Crippen LogP contribution in [-0.2, 0) is 6.42 Å². The molecular formula is C19H18FN3O2. The summed E-state index contributed by atoms with van der Waals surface area (Å²) in [6.45, 7) is 4.00. The van der Waals surface area contributed by atoms with Gasteiger partial charge in [-0.2, -0.15) is 0 Å². The van der Waals surface area contributed by atoms with E-state index in [4.69, 9.17) is 4.42 Å². The second-order valence-corrected chi connectivity index (χ2v) is 5.75. The maximum absolute atomic E-state index is 13.1. The van der Waals surface area contributed by atoms with Gasteiger partial charge in [0.25, 0.3) is 5.91 Å². The Balaban J connectivity index is 1.70. The molecule has 2 aromatic carbocycles. The number of hydrogen-bond acceptors (Lipinski definition) is 4. The van der Waals surface area contributed by atoms with Gasteiger partial charge in [0.05, 0.1) is 11.1 Å². The Hall–Kier alpha value is -3.02. The number of carbonyl (C=O) groups is 1. The third-order valence-corrected chi connectivity index (χ3v) is 3.91. The Labute approximate surface area is 144 Å². The molecule has 0 aliphatic rings. The van der Waals surface area contributed by atoms with Gasteiger partial charge in [0.2, 0.25) is 11.8 Å². The molecule has 0 bridgehead atoms. The number of hydrogen-bond donors (Lipinski definition) is 1. The number of nitrogens with one attached hydrogen (secondary N) is 1. The van der Waals surface area contributed by atoms with Crippen LogP contribution < -0.4 is 5.32 Å². The summed E-state index contributed by atoms with van der Waals surface area (Å²) in [4.78, 5) is 12.5. The van der Waals surface area contributed by atoms with Crippen LogP contribution in [0.1, 0.15) is 27.4 Å². The molecule has 0 atom stereocenters. The van der Waals surface area contributed by atoms with Crippen molar-refractivity contribution in [3.63, 3.8) is 0 Å². The van der Waals surface area contributed by atoms with Crippen molar-refractivity contribution in [2.45, 2.75) is 20.3 Å². The van der Waals surface area contributed by atoms with Crippen LogP contribution in [0.15, 0.2) is 46.9 Å². The molecule has 1 heterocycles. The van der Waals surface area contributed by atoms with E-state index in [0.29, 0.717) is 35.9 Å². The Morgan fingerprint density at radius 3 is 2.68 bits per heavy atom. The van der Waals surface area contributed by atoms with E-state index in [1.807, 2.05) is 13.0 Å². The first-order valence-electron chi connectivity index (χ1n) is 7.97. The van der Waals surface area contributed by atoms with Crippen molar-refractivity contribution >= 4 is 5.91 Å². The molecule has 3 aromatic rings. The van der Waals surface area contributed by atoms with Crippen LogP contribution in [-0.4, -0.2) is 22.6 Å². The van der Waals surface area contributed by atoms with Crippen LogP contribution in [0.2, 0.25) is 0 Å². The first kappa shape index (κ1) is 16.8. The number of rotatable bonds is 5. The fraction of sp³-hybridized carbons (Fsp3) is 0.211. The number of halogens is 1. The zero-order valence-electron chi connectivity index (χ0n) is 14.0. The van der Waals surface area contributed by atoms with E-state index >= 15 is 0 Å². The van der Waals surface area contributed by atoms with E-state index in [9.17, 15) is 9.18 Å². The number of nitrogens with zero attached hydrogens (tertiary/aromatic N) is 2. The molecular weight excluding hydrogens is 321 g/mol. The van der Waals surface area contributed by atoms with Gasteiger partial charge in [-0.3, -0.25) is 4.79 Å². The van der Waals surface area contributed by atoms with Crippen molar-refractivity contribution in [3.8, 4) is 11.5 Å². The molecule has 0 spiro atoms. The summed E-state index contributed by atoms with van der Waals surface area (Å²) in [5.74, 6) is 0.287. The van der Waals surface area contributed by atoms with Gasteiger partial charge in [0.1, 0.15) is 5.82 Å². The highest BCUT2D eigenvalue weighted by molar-refractivity contribution is 5.99. The minimum Gasteiger partial charge on any atom is -0.421 e. The van der Waals surface area contributed by atoms with Crippen LogP contribution in [0.5, 0.6) is 0 Å². The Bertz CT molecular complexity index is 905. The van der Waals surface area contributed by atoms with Crippen LogP contribution in [0.4, 0.5) is 4.39 Å². The molecule has 5 nitrogen and oxygen atoms in total. The minimum atomic E-state index is -0.255. The van der Waals surface area contributed by atoms with Crippen LogP contribution >= 0.6 is 0 Å². The monoisotopic (exact) mass is 339 g/mol. The molecule has 1 amide bonds. The predicted octanol–water partition coefficient (Wildman–Crippen LogP) is 3.47. The molecule has 1 aromatic heterocycles. The average molecular weight is 339 g/mol. The maximum atomic E-state index is 13.1. The van der Waals surface area contributed by atoms with Gasteiger partial charge in [-0.25, -0.2) is 4.39 Å². The summed E-state index contributed by atoms with van der Waals surface area (Å²) in [5, 5.41) is 10.7. The van der Waals surface area contributed by atoms with Crippen molar-refractivity contribution in [3.05, 3.63) is 70.9 Å². The van der Waals surface area contributed by atoms with Crippen molar-refractivity contribution in [1.29, 1.82) is 0 Å². The van der Waals surface area contributed by atoms with Crippen molar-refractivity contribution < 1.29 is 13.6 Å². The van der Waals surface area contributed by atoms with Gasteiger partial charge in [-0.05, 0) is 48.7 Å². The molecule has 0 aliphatic carbocycles. The van der Waals surface area contributed by atoms with Gasteiger partial charge in [-0.15, -0.1) is 10.2 Å². The topological polar surface area (TPSA) is 68.0 Å². The highest BCUT2D eigenvalue weighted by Gasteiger charge is 2.16. The Morgan fingerprint density at radius 1 is 1.16 bits per heavy atom. The van der Waals surface area contributed by atoms with E-state index in [0.717, 1.165) is 11.1 Å². The number of amides is 1. The second kappa shape index (κ2) is 7.25. The number of carbonyl (C=O) groups excluding carboxylic acids is 1. The Morgan fingerprint density at radius 2 is 1.96 bits per heavy atom. The largest absolute Gasteiger partial charge is 0.421 e. The zero-order valence-corrected chi connectivity index (χ0v) is 14.0. The van der Waals surface area contributed by atoms with E-state index in [1.165, 1.54) is 12.1 Å². The summed E-state index contributed by atoms with van der Waals surface area (Å²) in [6.07, 6.45) is 0.625. The zero-order chi connectivity index (χ0) is 17.8. The lowest BCUT2D eigenvalue weighted by Crippen LogP contribution is -2.26. The summed E-state index contributed by atoms with van der Waals surface area (Å²) < 4.78 is 18.6. The molecule has 128 valence electrons. The first-order valence-corrected chi connectivity index (χ1v) is 7.97. The van der Waals surface area contributed by atoms with Gasteiger partial charge < -0.3 is 9.73 Å². The van der Waals surface area contributed by atoms with Crippen molar-refractivity contribution in [2.75, 3.05) is 6.54 Å². The maximum Gasteiger partial charge on any atom is 0.252 e. The summed E-state index contributed by atoms with van der Waals surface area (Å²) in [6, 6.07) is 11.7. The number of aryl methyl sites for hydroxylation is 2. The molecule has 0 fully saturated rings. The van der Waals surface area contributed by atoms with Crippen LogP contribution in [0.3, 0.4) is 0 Å². The number of aromatic nitrogens is 2. The van der Waals surface area contributed by atoms with E-state index in [-0.39, 0.29) is 11.7 Å². The third kappa shape index (κ3) is 3.91. The predicted molar refractivity (Wildman–Crippen MR) is 91.6 cm³/mol. The second-order valence-electron chi connectivity index (χ2n) is 5.75. The molecule has 0 radical (unpaired) electrons. The third-order valence-electron chi connectivity index (χ3n) is 3.91. The van der Waals surface area contributed by atoms with E-state index in [1.54, 1.807) is 31.2 Å². The quantitative estimate of drug-likeness (QED) is 0.773. The molecule has 0 saturated carbocycles. The fourth-order valence-corrected chi connectivity index (χ4v) is 2.62. The average Bonchev–Trinajstić information content (AvgIpc) is 3.03. The lowest BCUT2D eigenvalue weighted by molar-refractivity contribution is 0.0954. The highest BCUT2D eigenvalue weighted by atomic mass is 19.1. The SMILES string of the molecule is Cc1nnc(-c2ccccc2C(=O)NCCc2ccc(F)cc2C)o1. The number of benzene rings is 2.